The molecule has 3 aromatic rings. The van der Waals surface area contributed by atoms with Crippen molar-refractivity contribution in [1.29, 1.82) is 5.26 Å². The zero-order chi connectivity index (χ0) is 14.1. The molecule has 0 saturated carbocycles. The van der Waals surface area contributed by atoms with Crippen molar-refractivity contribution < 1.29 is 9.18 Å². The Balaban J connectivity index is 1.85. The molecule has 0 radical (unpaired) electrons. The molecule has 3 nitrogen and oxygen atoms in total. The lowest BCUT2D eigenvalue weighted by Crippen LogP contribution is -2.11. The Bertz CT molecular complexity index is 816. The van der Waals surface area contributed by atoms with Crippen LogP contribution in [0.15, 0.2) is 35.7 Å². The molecule has 0 bridgehead atoms. The summed E-state index contributed by atoms with van der Waals surface area (Å²) in [5.74, 6) is -0.960. The van der Waals surface area contributed by atoms with Gasteiger partial charge in [0, 0.05) is 9.40 Å². The number of carbonyl (C=O) groups excluding carboxylic acids is 1. The normalized spacial score (nSPS) is 10.4. The third kappa shape index (κ3) is 2.29. The second kappa shape index (κ2) is 5.04. The van der Waals surface area contributed by atoms with Crippen LogP contribution in [0.3, 0.4) is 0 Å². The first kappa shape index (κ1) is 12.8. The summed E-state index contributed by atoms with van der Waals surface area (Å²) in [6.45, 7) is 0. The highest BCUT2D eigenvalue weighted by molar-refractivity contribution is 7.27. The molecule has 1 aromatic carbocycles. The van der Waals surface area contributed by atoms with E-state index in [1.54, 1.807) is 17.4 Å². The topological polar surface area (TPSA) is 52.9 Å². The predicted octanol–water partition coefficient (Wildman–Crippen LogP) is 4.23. The number of nitrogens with zero attached hydrogens (tertiary/aromatic N) is 1. The van der Waals surface area contributed by atoms with E-state index >= 15 is 0 Å². The van der Waals surface area contributed by atoms with Crippen LogP contribution in [-0.4, -0.2) is 5.91 Å². The van der Waals surface area contributed by atoms with Crippen LogP contribution in [0.1, 0.15) is 15.2 Å². The number of fused-ring (bicyclic) bond motifs is 1. The molecule has 0 fully saturated rings. The molecule has 2 heterocycles. The van der Waals surface area contributed by atoms with Crippen molar-refractivity contribution in [3.63, 3.8) is 0 Å². The van der Waals surface area contributed by atoms with E-state index in [4.69, 9.17) is 5.26 Å². The number of hydrogen-bond donors (Lipinski definition) is 1. The molecule has 0 aliphatic rings. The summed E-state index contributed by atoms with van der Waals surface area (Å²) in [7, 11) is 0. The predicted molar refractivity (Wildman–Crippen MR) is 78.8 cm³/mol. The van der Waals surface area contributed by atoms with E-state index in [2.05, 4.69) is 5.32 Å². The number of nitriles is 1. The van der Waals surface area contributed by atoms with Gasteiger partial charge < -0.3 is 5.32 Å². The first-order valence-electron chi connectivity index (χ1n) is 5.65. The molecule has 98 valence electrons. The molecule has 0 unspecified atom stereocenters. The van der Waals surface area contributed by atoms with Crippen LogP contribution in [0.4, 0.5) is 10.1 Å². The quantitative estimate of drug-likeness (QED) is 0.770. The summed E-state index contributed by atoms with van der Waals surface area (Å²) in [6.07, 6.45) is 0. The Kier molecular flexibility index (Phi) is 3.22. The molecular weight excluding hydrogens is 295 g/mol. The third-order valence-corrected chi connectivity index (χ3v) is 4.80. The fraction of sp³-hybridized carbons (Fsp3) is 0. The van der Waals surface area contributed by atoms with Crippen molar-refractivity contribution >= 4 is 43.7 Å². The van der Waals surface area contributed by atoms with Gasteiger partial charge in [0.05, 0.1) is 22.2 Å². The van der Waals surface area contributed by atoms with E-state index in [1.807, 2.05) is 17.5 Å². The maximum Gasteiger partial charge on any atom is 0.265 e. The highest BCUT2D eigenvalue weighted by Gasteiger charge is 2.13. The lowest BCUT2D eigenvalue weighted by Gasteiger charge is -2.04. The molecule has 6 heteroatoms. The van der Waals surface area contributed by atoms with Gasteiger partial charge in [-0.2, -0.15) is 5.26 Å². The molecule has 0 saturated heterocycles. The average Bonchev–Trinajstić information content (AvgIpc) is 3.01. The zero-order valence-electron chi connectivity index (χ0n) is 10.0. The van der Waals surface area contributed by atoms with Gasteiger partial charge in [0.2, 0.25) is 0 Å². The maximum absolute atomic E-state index is 13.7. The fourth-order valence-electron chi connectivity index (χ4n) is 1.75. The van der Waals surface area contributed by atoms with E-state index in [9.17, 15) is 9.18 Å². The average molecular weight is 302 g/mol. The Morgan fingerprint density at radius 3 is 2.80 bits per heavy atom. The summed E-state index contributed by atoms with van der Waals surface area (Å²) in [5, 5.41) is 13.2. The zero-order valence-corrected chi connectivity index (χ0v) is 11.6. The number of anilines is 1. The minimum Gasteiger partial charge on any atom is -0.319 e. The second-order valence-electron chi connectivity index (χ2n) is 4.02. The maximum atomic E-state index is 13.7. The number of thiophene rings is 2. The molecule has 0 spiro atoms. The van der Waals surface area contributed by atoms with Crippen LogP contribution in [0, 0.1) is 17.1 Å². The number of carbonyl (C=O) groups is 1. The molecule has 20 heavy (non-hydrogen) atoms. The number of halogens is 1. The van der Waals surface area contributed by atoms with Gasteiger partial charge in [-0.05, 0) is 35.7 Å². The minimum atomic E-state index is -0.615. The first-order valence-corrected chi connectivity index (χ1v) is 7.35. The second-order valence-corrected chi connectivity index (χ2v) is 6.05. The lowest BCUT2D eigenvalue weighted by atomic mass is 10.2. The Hall–Kier alpha value is -2.23. The van der Waals surface area contributed by atoms with Gasteiger partial charge in [0.25, 0.3) is 5.91 Å². The third-order valence-electron chi connectivity index (χ3n) is 2.71. The molecule has 1 amide bonds. The molecule has 2 aromatic heterocycles. The van der Waals surface area contributed by atoms with Crippen LogP contribution in [0.2, 0.25) is 0 Å². The number of benzene rings is 1. The Morgan fingerprint density at radius 2 is 2.10 bits per heavy atom. The van der Waals surface area contributed by atoms with E-state index < -0.39 is 5.82 Å². The monoisotopic (exact) mass is 302 g/mol. The lowest BCUT2D eigenvalue weighted by molar-refractivity contribution is 0.103. The molecule has 0 atom stereocenters. The highest BCUT2D eigenvalue weighted by atomic mass is 32.1. The molecule has 0 aliphatic heterocycles. The van der Waals surface area contributed by atoms with Crippen molar-refractivity contribution in [3.8, 4) is 6.07 Å². The first-order chi connectivity index (χ1) is 9.67. The van der Waals surface area contributed by atoms with E-state index in [-0.39, 0.29) is 17.2 Å². The van der Waals surface area contributed by atoms with Gasteiger partial charge in [-0.1, -0.05) is 0 Å². The van der Waals surface area contributed by atoms with Gasteiger partial charge in [-0.15, -0.1) is 22.7 Å². The van der Waals surface area contributed by atoms with Crippen molar-refractivity contribution in [3.05, 3.63) is 52.0 Å². The van der Waals surface area contributed by atoms with E-state index in [1.165, 1.54) is 23.5 Å². The van der Waals surface area contributed by atoms with E-state index in [0.29, 0.717) is 4.88 Å². The van der Waals surface area contributed by atoms with Gasteiger partial charge >= 0.3 is 0 Å². The number of amides is 1. The largest absolute Gasteiger partial charge is 0.319 e. The van der Waals surface area contributed by atoms with Gasteiger partial charge in [0.1, 0.15) is 5.82 Å². The van der Waals surface area contributed by atoms with Crippen LogP contribution < -0.4 is 5.32 Å². The summed E-state index contributed by atoms with van der Waals surface area (Å²) in [5.41, 5.74) is 0.294. The minimum absolute atomic E-state index is 0.0748. The van der Waals surface area contributed by atoms with Crippen LogP contribution in [0.5, 0.6) is 0 Å². The summed E-state index contributed by atoms with van der Waals surface area (Å²) in [6, 6.07) is 9.54. The number of nitrogens with one attached hydrogen (secondary N) is 1. The SMILES string of the molecule is N#Cc1ccc(NC(=O)c2cc3sccc3s2)c(F)c1. The van der Waals surface area contributed by atoms with Crippen molar-refractivity contribution in [1.82, 2.24) is 0 Å². The van der Waals surface area contributed by atoms with Crippen molar-refractivity contribution in [2.24, 2.45) is 0 Å². The molecule has 1 N–H and O–H groups in total. The molecular formula is C14H7FN2OS2. The van der Waals surface area contributed by atoms with Gasteiger partial charge in [0.15, 0.2) is 0 Å². The standard InChI is InChI=1S/C14H7FN2OS2/c15-9-5-8(7-16)1-2-10(9)17-14(18)13-6-12-11(20-13)3-4-19-12/h1-6H,(H,17,18). The fourth-order valence-corrected chi connectivity index (χ4v) is 3.75. The molecule has 0 aliphatic carbocycles. The summed E-state index contributed by atoms with van der Waals surface area (Å²) < 4.78 is 15.8. The summed E-state index contributed by atoms with van der Waals surface area (Å²) in [4.78, 5) is 12.6. The molecule has 3 rings (SSSR count). The van der Waals surface area contributed by atoms with Crippen LogP contribution in [-0.2, 0) is 0 Å². The van der Waals surface area contributed by atoms with Crippen molar-refractivity contribution in [2.75, 3.05) is 5.32 Å². The van der Waals surface area contributed by atoms with Crippen LogP contribution >= 0.6 is 22.7 Å². The summed E-state index contributed by atoms with van der Waals surface area (Å²) >= 11 is 2.93. The van der Waals surface area contributed by atoms with Crippen LogP contribution in [0.25, 0.3) is 9.40 Å². The Morgan fingerprint density at radius 1 is 1.25 bits per heavy atom. The number of hydrogen-bond acceptors (Lipinski definition) is 4. The van der Waals surface area contributed by atoms with Gasteiger partial charge in [-0.3, -0.25) is 4.79 Å². The van der Waals surface area contributed by atoms with Gasteiger partial charge in [-0.25, -0.2) is 4.39 Å². The highest BCUT2D eigenvalue weighted by Crippen LogP contribution is 2.30. The van der Waals surface area contributed by atoms with E-state index in [0.717, 1.165) is 15.5 Å². The smallest absolute Gasteiger partial charge is 0.265 e. The number of rotatable bonds is 2. The Labute approximate surface area is 121 Å². The van der Waals surface area contributed by atoms with Crippen molar-refractivity contribution in [2.45, 2.75) is 0 Å².